The lowest BCUT2D eigenvalue weighted by Gasteiger charge is -2.24. The summed E-state index contributed by atoms with van der Waals surface area (Å²) >= 11 is 0. The number of carbonyl (C=O) groups is 1. The van der Waals surface area contributed by atoms with Gasteiger partial charge in [0.2, 0.25) is 0 Å². The van der Waals surface area contributed by atoms with Crippen molar-refractivity contribution in [1.29, 1.82) is 0 Å². The molecule has 1 unspecified atom stereocenters. The Morgan fingerprint density at radius 1 is 1.35 bits per heavy atom. The van der Waals surface area contributed by atoms with Crippen molar-refractivity contribution in [3.8, 4) is 0 Å². The first kappa shape index (κ1) is 16.5. The number of hydrogen-bond donors (Lipinski definition) is 2. The minimum absolute atomic E-state index is 0.00229. The van der Waals surface area contributed by atoms with Gasteiger partial charge in [-0.3, -0.25) is 9.32 Å². The molecule has 0 aromatic carbocycles. The van der Waals surface area contributed by atoms with Gasteiger partial charge in [-0.05, 0) is 13.3 Å². The maximum absolute atomic E-state index is 11.4. The van der Waals surface area contributed by atoms with Crippen LogP contribution in [0.25, 0.3) is 0 Å². The first-order valence-electron chi connectivity index (χ1n) is 5.11. The molecule has 0 aliphatic carbocycles. The van der Waals surface area contributed by atoms with Crippen LogP contribution in [0.3, 0.4) is 0 Å². The van der Waals surface area contributed by atoms with Gasteiger partial charge in [-0.2, -0.15) is 0 Å². The molecule has 0 spiro atoms. The second-order valence-electron chi connectivity index (χ2n) is 3.78. The number of hydrogen-bond acceptors (Lipinski definition) is 5. The van der Waals surface area contributed by atoms with E-state index in [2.05, 4.69) is 9.26 Å². The van der Waals surface area contributed by atoms with E-state index < -0.39 is 13.2 Å². The van der Waals surface area contributed by atoms with Gasteiger partial charge in [0.1, 0.15) is 0 Å². The van der Waals surface area contributed by atoms with Gasteiger partial charge in [0.25, 0.3) is 0 Å². The molecule has 8 heteroatoms. The molecule has 102 valence electrons. The van der Waals surface area contributed by atoms with Crippen molar-refractivity contribution < 1.29 is 33.1 Å². The molecule has 0 aromatic rings. The average molecular weight is 270 g/mol. The van der Waals surface area contributed by atoms with E-state index in [0.29, 0.717) is 6.42 Å². The SMILES string of the molecule is CCC(C)(COCCOP(=O)(O)O)C(=O)OC. The molecule has 0 heterocycles. The fourth-order valence-electron chi connectivity index (χ4n) is 1.06. The summed E-state index contributed by atoms with van der Waals surface area (Å²) in [6, 6.07) is 0. The number of methoxy groups -OCH3 is 1. The van der Waals surface area contributed by atoms with Gasteiger partial charge in [0.15, 0.2) is 0 Å². The van der Waals surface area contributed by atoms with Gasteiger partial charge in [-0.1, -0.05) is 6.92 Å². The van der Waals surface area contributed by atoms with E-state index in [0.717, 1.165) is 0 Å². The first-order chi connectivity index (χ1) is 7.75. The Balaban J connectivity index is 3.93. The second-order valence-corrected chi connectivity index (χ2v) is 5.02. The van der Waals surface area contributed by atoms with E-state index in [1.807, 2.05) is 6.92 Å². The van der Waals surface area contributed by atoms with Crippen molar-refractivity contribution in [2.75, 3.05) is 26.9 Å². The number of esters is 1. The molecule has 0 saturated heterocycles. The average Bonchev–Trinajstić information content (AvgIpc) is 2.25. The Labute approximate surface area is 100 Å². The van der Waals surface area contributed by atoms with E-state index in [-0.39, 0.29) is 25.8 Å². The van der Waals surface area contributed by atoms with Gasteiger partial charge in [0, 0.05) is 0 Å². The summed E-state index contributed by atoms with van der Waals surface area (Å²) < 4.78 is 24.3. The van der Waals surface area contributed by atoms with Crippen molar-refractivity contribution in [2.24, 2.45) is 5.41 Å². The second kappa shape index (κ2) is 7.08. The third kappa shape index (κ3) is 6.75. The minimum atomic E-state index is -4.45. The zero-order chi connectivity index (χ0) is 13.5. The summed E-state index contributed by atoms with van der Waals surface area (Å²) in [5.41, 5.74) is -0.753. The van der Waals surface area contributed by atoms with E-state index in [9.17, 15) is 9.36 Å². The Bertz CT molecular complexity index is 287. The standard InChI is InChI=1S/C9H19O7P/c1-4-9(2,8(10)14-3)7-15-5-6-16-17(11,12)13/h4-7H2,1-3H3,(H2,11,12,13). The summed E-state index contributed by atoms with van der Waals surface area (Å²) in [6.45, 7) is 3.40. The Hall–Kier alpha value is -0.460. The van der Waals surface area contributed by atoms with Crippen molar-refractivity contribution in [2.45, 2.75) is 20.3 Å². The van der Waals surface area contributed by atoms with E-state index in [1.54, 1.807) is 6.92 Å². The first-order valence-corrected chi connectivity index (χ1v) is 6.64. The molecule has 0 saturated carbocycles. The van der Waals surface area contributed by atoms with Gasteiger partial charge < -0.3 is 19.3 Å². The molecular formula is C9H19O7P. The normalized spacial score (nSPS) is 15.4. The highest BCUT2D eigenvalue weighted by Crippen LogP contribution is 2.35. The molecule has 7 nitrogen and oxygen atoms in total. The van der Waals surface area contributed by atoms with Gasteiger partial charge >= 0.3 is 13.8 Å². The van der Waals surface area contributed by atoms with Gasteiger partial charge in [-0.15, -0.1) is 0 Å². The quantitative estimate of drug-likeness (QED) is 0.380. The predicted molar refractivity (Wildman–Crippen MR) is 59.2 cm³/mol. The van der Waals surface area contributed by atoms with Crippen LogP contribution in [0.2, 0.25) is 0 Å². The van der Waals surface area contributed by atoms with Crippen molar-refractivity contribution in [3.05, 3.63) is 0 Å². The van der Waals surface area contributed by atoms with Crippen molar-refractivity contribution in [3.63, 3.8) is 0 Å². The summed E-state index contributed by atoms with van der Waals surface area (Å²) in [4.78, 5) is 28.2. The summed E-state index contributed by atoms with van der Waals surface area (Å²) in [6.07, 6.45) is 0.541. The topological polar surface area (TPSA) is 102 Å². The van der Waals surface area contributed by atoms with Crippen molar-refractivity contribution in [1.82, 2.24) is 0 Å². The molecule has 0 radical (unpaired) electrons. The predicted octanol–water partition coefficient (Wildman–Crippen LogP) is 0.702. The molecule has 0 fully saturated rings. The van der Waals surface area contributed by atoms with E-state index in [1.165, 1.54) is 7.11 Å². The van der Waals surface area contributed by atoms with Crippen molar-refractivity contribution >= 4 is 13.8 Å². The molecule has 0 rings (SSSR count). The summed E-state index contributed by atoms with van der Waals surface area (Å²) in [5.74, 6) is -0.379. The number of rotatable bonds is 8. The lowest BCUT2D eigenvalue weighted by molar-refractivity contribution is -0.156. The van der Waals surface area contributed by atoms with Crippen LogP contribution in [0, 0.1) is 5.41 Å². The Morgan fingerprint density at radius 2 is 1.94 bits per heavy atom. The molecular weight excluding hydrogens is 251 g/mol. The zero-order valence-corrected chi connectivity index (χ0v) is 11.1. The van der Waals surface area contributed by atoms with Crippen LogP contribution in [0.15, 0.2) is 0 Å². The molecule has 0 aromatic heterocycles. The molecule has 0 amide bonds. The fraction of sp³-hybridized carbons (Fsp3) is 0.889. The monoisotopic (exact) mass is 270 g/mol. The highest BCUT2D eigenvalue weighted by Gasteiger charge is 2.32. The van der Waals surface area contributed by atoms with Crippen LogP contribution in [-0.4, -0.2) is 42.7 Å². The number of carbonyl (C=O) groups excluding carboxylic acids is 1. The number of phosphoric acid groups is 1. The van der Waals surface area contributed by atoms with Crippen LogP contribution < -0.4 is 0 Å². The fourth-order valence-corrected chi connectivity index (χ4v) is 1.38. The third-order valence-electron chi connectivity index (χ3n) is 2.37. The third-order valence-corrected chi connectivity index (χ3v) is 2.89. The van der Waals surface area contributed by atoms with Crippen LogP contribution in [-0.2, 0) is 23.4 Å². The number of phosphoric ester groups is 1. The molecule has 0 bridgehead atoms. The lowest BCUT2D eigenvalue weighted by Crippen LogP contribution is -2.33. The minimum Gasteiger partial charge on any atom is -0.469 e. The highest BCUT2D eigenvalue weighted by atomic mass is 31.2. The maximum atomic E-state index is 11.4. The molecule has 2 N–H and O–H groups in total. The molecule has 0 aliphatic heterocycles. The van der Waals surface area contributed by atoms with Crippen LogP contribution in [0.1, 0.15) is 20.3 Å². The summed E-state index contributed by atoms with van der Waals surface area (Å²) in [7, 11) is -3.15. The van der Waals surface area contributed by atoms with Crippen LogP contribution >= 0.6 is 7.82 Å². The summed E-state index contributed by atoms with van der Waals surface area (Å²) in [5, 5.41) is 0. The Morgan fingerprint density at radius 3 is 2.35 bits per heavy atom. The lowest BCUT2D eigenvalue weighted by atomic mass is 9.89. The van der Waals surface area contributed by atoms with E-state index in [4.69, 9.17) is 14.5 Å². The largest absolute Gasteiger partial charge is 0.469 e. The maximum Gasteiger partial charge on any atom is 0.469 e. The molecule has 0 aliphatic rings. The molecule has 17 heavy (non-hydrogen) atoms. The zero-order valence-electron chi connectivity index (χ0n) is 10.2. The Kier molecular flexibility index (Phi) is 6.89. The molecule has 1 atom stereocenters. The smallest absolute Gasteiger partial charge is 0.469 e. The van der Waals surface area contributed by atoms with Crippen LogP contribution in [0.5, 0.6) is 0 Å². The van der Waals surface area contributed by atoms with Crippen LogP contribution in [0.4, 0.5) is 0 Å². The highest BCUT2D eigenvalue weighted by molar-refractivity contribution is 7.46. The van der Waals surface area contributed by atoms with E-state index >= 15 is 0 Å². The van der Waals surface area contributed by atoms with Gasteiger partial charge in [-0.25, -0.2) is 4.57 Å². The number of ether oxygens (including phenoxy) is 2. The van der Waals surface area contributed by atoms with Gasteiger partial charge in [0.05, 0.1) is 32.3 Å².